The van der Waals surface area contributed by atoms with Crippen molar-refractivity contribution in [3.63, 3.8) is 0 Å². The molecule has 2 unspecified atom stereocenters. The Morgan fingerprint density at radius 3 is 2.89 bits per heavy atom. The van der Waals surface area contributed by atoms with E-state index in [9.17, 15) is 4.39 Å². The average molecular weight is 282 g/mol. The van der Waals surface area contributed by atoms with E-state index in [4.69, 9.17) is 0 Å². The minimum atomic E-state index is -0.110. The summed E-state index contributed by atoms with van der Waals surface area (Å²) < 4.78 is 13.8. The van der Waals surface area contributed by atoms with Crippen LogP contribution in [0.3, 0.4) is 0 Å². The highest BCUT2D eigenvalue weighted by molar-refractivity contribution is 7.99. The van der Waals surface area contributed by atoms with Gasteiger partial charge in [0.25, 0.3) is 0 Å². The second kappa shape index (κ2) is 7.27. The number of nitrogens with one attached hydrogen (secondary N) is 1. The molecule has 0 radical (unpaired) electrons. The van der Waals surface area contributed by atoms with Gasteiger partial charge >= 0.3 is 0 Å². The predicted molar refractivity (Wildman–Crippen MR) is 81.2 cm³/mol. The van der Waals surface area contributed by atoms with Crippen LogP contribution in [0, 0.1) is 5.82 Å². The second-order valence-electron chi connectivity index (χ2n) is 5.15. The number of hydrogen-bond acceptors (Lipinski definition) is 3. The largest absolute Gasteiger partial charge is 0.313 e. The van der Waals surface area contributed by atoms with Gasteiger partial charge < -0.3 is 10.2 Å². The summed E-state index contributed by atoms with van der Waals surface area (Å²) in [6, 6.07) is 7.85. The van der Waals surface area contributed by atoms with Crippen molar-refractivity contribution >= 4 is 11.8 Å². The fourth-order valence-electron chi connectivity index (χ4n) is 2.60. The minimum absolute atomic E-state index is 0.0951. The Morgan fingerprint density at radius 1 is 1.47 bits per heavy atom. The molecule has 0 aromatic heterocycles. The third-order valence-corrected chi connectivity index (χ3v) is 5.07. The molecule has 1 heterocycles. The summed E-state index contributed by atoms with van der Waals surface area (Å²) in [5.74, 6) is 2.40. The normalized spacial score (nSPS) is 20.9. The van der Waals surface area contributed by atoms with Crippen molar-refractivity contribution < 1.29 is 4.39 Å². The van der Waals surface area contributed by atoms with Crippen molar-refractivity contribution in [3.8, 4) is 0 Å². The number of thioether (sulfide) groups is 1. The molecular weight excluding hydrogens is 259 g/mol. The zero-order valence-electron chi connectivity index (χ0n) is 11.7. The van der Waals surface area contributed by atoms with Gasteiger partial charge in [-0.05, 0) is 45.3 Å². The van der Waals surface area contributed by atoms with Gasteiger partial charge in [-0.2, -0.15) is 11.8 Å². The molecule has 1 aromatic carbocycles. The van der Waals surface area contributed by atoms with Crippen LogP contribution in [0.1, 0.15) is 24.4 Å². The number of nitrogens with zero attached hydrogens (tertiary/aromatic N) is 1. The molecule has 1 aliphatic rings. The number of hydrogen-bond donors (Lipinski definition) is 1. The molecule has 4 heteroatoms. The highest BCUT2D eigenvalue weighted by Crippen LogP contribution is 2.24. The molecule has 0 aliphatic carbocycles. The molecule has 2 atom stereocenters. The molecule has 106 valence electrons. The van der Waals surface area contributed by atoms with Gasteiger partial charge in [-0.1, -0.05) is 18.2 Å². The van der Waals surface area contributed by atoms with Gasteiger partial charge in [0.05, 0.1) is 0 Å². The molecule has 2 nitrogen and oxygen atoms in total. The van der Waals surface area contributed by atoms with E-state index in [0.29, 0.717) is 6.04 Å². The first-order valence-corrected chi connectivity index (χ1v) is 8.07. The summed E-state index contributed by atoms with van der Waals surface area (Å²) in [5, 5.41) is 3.23. The number of benzene rings is 1. The van der Waals surface area contributed by atoms with Gasteiger partial charge in [0.2, 0.25) is 0 Å². The van der Waals surface area contributed by atoms with Crippen molar-refractivity contribution in [2.75, 3.05) is 32.1 Å². The van der Waals surface area contributed by atoms with Crippen LogP contribution in [0.25, 0.3) is 0 Å². The van der Waals surface area contributed by atoms with Crippen molar-refractivity contribution in [1.82, 2.24) is 10.2 Å². The van der Waals surface area contributed by atoms with E-state index in [1.165, 1.54) is 24.0 Å². The fourth-order valence-corrected chi connectivity index (χ4v) is 3.90. The Labute approximate surface area is 119 Å². The highest BCUT2D eigenvalue weighted by Gasteiger charge is 2.21. The van der Waals surface area contributed by atoms with Gasteiger partial charge in [0.15, 0.2) is 0 Å². The first-order chi connectivity index (χ1) is 9.22. The minimum Gasteiger partial charge on any atom is -0.313 e. The molecular formula is C15H23FN2S. The summed E-state index contributed by atoms with van der Waals surface area (Å²) in [6.45, 7) is 1.01. The van der Waals surface area contributed by atoms with Crippen molar-refractivity contribution in [1.29, 1.82) is 0 Å². The maximum absolute atomic E-state index is 13.8. The lowest BCUT2D eigenvalue weighted by atomic mass is 10.0. The third-order valence-electron chi connectivity index (χ3n) is 3.93. The lowest BCUT2D eigenvalue weighted by Crippen LogP contribution is -2.34. The predicted octanol–water partition coefficient (Wildman–Crippen LogP) is 2.91. The van der Waals surface area contributed by atoms with E-state index in [1.54, 1.807) is 6.07 Å². The molecule has 0 saturated carbocycles. The van der Waals surface area contributed by atoms with E-state index in [2.05, 4.69) is 17.3 Å². The lowest BCUT2D eigenvalue weighted by Gasteiger charge is -2.26. The van der Waals surface area contributed by atoms with E-state index in [0.717, 1.165) is 18.5 Å². The molecule has 0 amide bonds. The molecule has 0 bridgehead atoms. The first kappa shape index (κ1) is 14.8. The Bertz CT molecular complexity index is 393. The number of halogens is 1. The molecule has 19 heavy (non-hydrogen) atoms. The van der Waals surface area contributed by atoms with Crippen LogP contribution in [0.4, 0.5) is 4.39 Å². The molecule has 2 rings (SSSR count). The van der Waals surface area contributed by atoms with Crippen molar-refractivity contribution in [2.45, 2.75) is 24.9 Å². The first-order valence-electron chi connectivity index (χ1n) is 6.92. The fraction of sp³-hybridized carbons (Fsp3) is 0.600. The summed E-state index contributed by atoms with van der Waals surface area (Å²) in [7, 11) is 4.09. The summed E-state index contributed by atoms with van der Waals surface area (Å²) >= 11 is 2.03. The maximum Gasteiger partial charge on any atom is 0.127 e. The van der Waals surface area contributed by atoms with E-state index >= 15 is 0 Å². The highest BCUT2D eigenvalue weighted by atomic mass is 32.2. The molecule has 1 aliphatic heterocycles. The lowest BCUT2D eigenvalue weighted by molar-refractivity contribution is 0.247. The Kier molecular flexibility index (Phi) is 5.67. The smallest absolute Gasteiger partial charge is 0.127 e. The van der Waals surface area contributed by atoms with Crippen molar-refractivity contribution in [3.05, 3.63) is 35.6 Å². The molecule has 0 spiro atoms. The topological polar surface area (TPSA) is 15.3 Å². The average Bonchev–Trinajstić information content (AvgIpc) is 2.95. The summed E-state index contributed by atoms with van der Waals surface area (Å²) in [4.78, 5) is 2.42. The Balaban J connectivity index is 1.90. The van der Waals surface area contributed by atoms with Crippen LogP contribution in [0.5, 0.6) is 0 Å². The zero-order chi connectivity index (χ0) is 13.7. The van der Waals surface area contributed by atoms with Gasteiger partial charge in [-0.15, -0.1) is 0 Å². The molecule has 1 N–H and O–H groups in total. The SMILES string of the molecule is CNC(CCN(C)C1CCSC1)c1ccccc1F. The van der Waals surface area contributed by atoms with E-state index < -0.39 is 0 Å². The Morgan fingerprint density at radius 2 is 2.26 bits per heavy atom. The van der Waals surface area contributed by atoms with E-state index in [-0.39, 0.29) is 11.9 Å². The van der Waals surface area contributed by atoms with Gasteiger partial charge in [-0.3, -0.25) is 0 Å². The van der Waals surface area contributed by atoms with Crippen LogP contribution in [0.15, 0.2) is 24.3 Å². The molecule has 1 saturated heterocycles. The standard InChI is InChI=1S/C15H23FN2S/c1-17-15(13-5-3-4-6-14(13)16)7-9-18(2)12-8-10-19-11-12/h3-6,12,15,17H,7-11H2,1-2H3. The molecule has 1 aromatic rings. The van der Waals surface area contributed by atoms with Crippen LogP contribution >= 0.6 is 11.8 Å². The summed E-state index contributed by atoms with van der Waals surface area (Å²) in [5.41, 5.74) is 0.777. The van der Waals surface area contributed by atoms with Crippen LogP contribution in [-0.2, 0) is 0 Å². The zero-order valence-corrected chi connectivity index (χ0v) is 12.5. The third kappa shape index (κ3) is 3.94. The van der Waals surface area contributed by atoms with Crippen LogP contribution in [-0.4, -0.2) is 43.1 Å². The molecule has 1 fully saturated rings. The monoisotopic (exact) mass is 282 g/mol. The maximum atomic E-state index is 13.8. The van der Waals surface area contributed by atoms with Gasteiger partial charge in [-0.25, -0.2) is 4.39 Å². The van der Waals surface area contributed by atoms with E-state index in [1.807, 2.05) is 30.9 Å². The van der Waals surface area contributed by atoms with Gasteiger partial charge in [0, 0.05) is 23.4 Å². The quantitative estimate of drug-likeness (QED) is 0.863. The summed E-state index contributed by atoms with van der Waals surface area (Å²) in [6.07, 6.45) is 2.22. The van der Waals surface area contributed by atoms with Crippen LogP contribution in [0.2, 0.25) is 0 Å². The van der Waals surface area contributed by atoms with Crippen LogP contribution < -0.4 is 5.32 Å². The van der Waals surface area contributed by atoms with Gasteiger partial charge in [0.1, 0.15) is 5.82 Å². The number of rotatable bonds is 6. The Hall–Kier alpha value is -0.580. The van der Waals surface area contributed by atoms with Crippen molar-refractivity contribution in [2.24, 2.45) is 0 Å². The second-order valence-corrected chi connectivity index (χ2v) is 6.30.